The van der Waals surface area contributed by atoms with Crippen molar-refractivity contribution in [3.05, 3.63) is 0 Å². The van der Waals surface area contributed by atoms with E-state index in [1.54, 1.807) is 0 Å². The minimum Gasteiger partial charge on any atom is -0.462 e. The maximum Gasteiger partial charge on any atom is 0.309 e. The molecule has 470 valence electrons. The Morgan fingerprint density at radius 3 is 0.696 bits per heavy atom. The highest BCUT2D eigenvalue weighted by Gasteiger charge is 2.24. The van der Waals surface area contributed by atoms with Crippen LogP contribution < -0.4 is 0 Å². The first kappa shape index (κ1) is 77.4. The largest absolute Gasteiger partial charge is 0.462 e. The molecule has 0 rings (SSSR count). The predicted octanol–water partition coefficient (Wildman–Crippen LogP) is 24.9. The summed E-state index contributed by atoms with van der Waals surface area (Å²) in [7, 11) is 0. The van der Waals surface area contributed by atoms with E-state index in [4.69, 9.17) is 14.2 Å². The molecule has 0 saturated carbocycles. The summed E-state index contributed by atoms with van der Waals surface area (Å²) in [5.74, 6) is -0.843. The lowest BCUT2D eigenvalue weighted by Crippen LogP contribution is -2.32. The lowest BCUT2D eigenvalue weighted by molar-refractivity contribution is -0.168. The Morgan fingerprint density at radius 1 is 0.241 bits per heavy atom. The van der Waals surface area contributed by atoms with E-state index in [2.05, 4.69) is 27.7 Å². The highest BCUT2D eigenvalue weighted by Crippen LogP contribution is 2.23. The van der Waals surface area contributed by atoms with Crippen LogP contribution in [0.3, 0.4) is 0 Å². The standard InChI is InChI=1S/C73H142O6/c1-5-9-13-17-21-25-29-33-37-41-45-49-53-57-61-65-71(74)77-67-70(79-72(75)66-62-58-54-50-46-42-38-34-30-26-22-18-14-10-6-2)68-78-73(76)69(63-59-55-51-47-43-39-35-31-27-23-19-15-11-7-3)64-60-56-52-48-44-40-36-32-28-24-20-16-12-8-4/h69-70H,5-68H2,1-4H3. The van der Waals surface area contributed by atoms with Gasteiger partial charge in [0.15, 0.2) is 6.10 Å². The molecule has 0 radical (unpaired) electrons. The number of rotatable bonds is 68. The van der Waals surface area contributed by atoms with Crippen LogP contribution in [0, 0.1) is 5.92 Å². The maximum atomic E-state index is 13.9. The molecule has 0 aromatic heterocycles. The summed E-state index contributed by atoms with van der Waals surface area (Å²) in [6.45, 7) is 9.04. The minimum absolute atomic E-state index is 0.0519. The van der Waals surface area contributed by atoms with E-state index in [9.17, 15) is 14.4 Å². The zero-order valence-electron chi connectivity index (χ0n) is 54.4. The van der Waals surface area contributed by atoms with Crippen molar-refractivity contribution in [3.63, 3.8) is 0 Å². The summed E-state index contributed by atoms with van der Waals surface area (Å²) in [6.07, 6.45) is 77.0. The monoisotopic (exact) mass is 1120 g/mol. The van der Waals surface area contributed by atoms with Crippen LogP contribution in [0.2, 0.25) is 0 Å². The van der Waals surface area contributed by atoms with Crippen LogP contribution in [0.5, 0.6) is 0 Å². The van der Waals surface area contributed by atoms with Gasteiger partial charge in [-0.25, -0.2) is 0 Å². The average molecular weight is 1120 g/mol. The summed E-state index contributed by atoms with van der Waals surface area (Å²) in [5.41, 5.74) is 0. The van der Waals surface area contributed by atoms with Crippen LogP contribution in [-0.2, 0) is 28.6 Å². The zero-order valence-corrected chi connectivity index (χ0v) is 54.4. The van der Waals surface area contributed by atoms with Gasteiger partial charge in [0.1, 0.15) is 13.2 Å². The van der Waals surface area contributed by atoms with Crippen molar-refractivity contribution in [3.8, 4) is 0 Å². The minimum atomic E-state index is -0.777. The van der Waals surface area contributed by atoms with Crippen molar-refractivity contribution in [1.29, 1.82) is 0 Å². The van der Waals surface area contributed by atoms with Crippen molar-refractivity contribution in [2.45, 2.75) is 432 Å². The molecule has 0 spiro atoms. The molecule has 0 amide bonds. The zero-order chi connectivity index (χ0) is 57.3. The average Bonchev–Trinajstić information content (AvgIpc) is 3.45. The van der Waals surface area contributed by atoms with Crippen LogP contribution in [0.4, 0.5) is 0 Å². The third kappa shape index (κ3) is 62.3. The van der Waals surface area contributed by atoms with E-state index < -0.39 is 6.10 Å². The molecule has 0 aromatic carbocycles. The fourth-order valence-corrected chi connectivity index (χ4v) is 11.7. The molecule has 0 bridgehead atoms. The van der Waals surface area contributed by atoms with Gasteiger partial charge < -0.3 is 14.2 Å². The van der Waals surface area contributed by atoms with Crippen molar-refractivity contribution in [2.24, 2.45) is 5.92 Å². The van der Waals surface area contributed by atoms with Gasteiger partial charge in [-0.3, -0.25) is 14.4 Å². The van der Waals surface area contributed by atoms with E-state index in [-0.39, 0.29) is 37.0 Å². The number of hydrogen-bond donors (Lipinski definition) is 0. The van der Waals surface area contributed by atoms with Gasteiger partial charge in [0.2, 0.25) is 0 Å². The Kier molecular flexibility index (Phi) is 65.9. The molecular formula is C73H142O6. The second-order valence-electron chi connectivity index (χ2n) is 25.3. The topological polar surface area (TPSA) is 78.9 Å². The maximum absolute atomic E-state index is 13.9. The molecule has 0 N–H and O–H groups in total. The number of carbonyl (C=O) groups excluding carboxylic acids is 3. The molecule has 1 unspecified atom stereocenters. The van der Waals surface area contributed by atoms with Gasteiger partial charge >= 0.3 is 17.9 Å². The Balaban J connectivity index is 5.09. The van der Waals surface area contributed by atoms with E-state index in [1.165, 1.54) is 308 Å². The van der Waals surface area contributed by atoms with Gasteiger partial charge in [-0.1, -0.05) is 387 Å². The molecule has 0 heterocycles. The molecule has 1 atom stereocenters. The number of hydrogen-bond acceptors (Lipinski definition) is 6. The lowest BCUT2D eigenvalue weighted by Gasteiger charge is -2.21. The first-order valence-corrected chi connectivity index (χ1v) is 36.5. The van der Waals surface area contributed by atoms with E-state index in [0.29, 0.717) is 12.8 Å². The molecule has 0 aliphatic rings. The Morgan fingerprint density at radius 2 is 0.443 bits per heavy atom. The summed E-state index contributed by atoms with van der Waals surface area (Å²) in [5, 5.41) is 0. The fourth-order valence-electron chi connectivity index (χ4n) is 11.7. The Bertz CT molecular complexity index is 1170. The smallest absolute Gasteiger partial charge is 0.309 e. The van der Waals surface area contributed by atoms with Crippen LogP contribution in [0.25, 0.3) is 0 Å². The quantitative estimate of drug-likeness (QED) is 0.0343. The molecule has 0 aliphatic carbocycles. The molecule has 79 heavy (non-hydrogen) atoms. The van der Waals surface area contributed by atoms with Crippen molar-refractivity contribution >= 4 is 17.9 Å². The molecule has 6 nitrogen and oxygen atoms in total. The molecular weight excluding hydrogens is 973 g/mol. The number of esters is 3. The van der Waals surface area contributed by atoms with Gasteiger partial charge in [0.25, 0.3) is 0 Å². The highest BCUT2D eigenvalue weighted by molar-refractivity contribution is 5.72. The van der Waals surface area contributed by atoms with E-state index >= 15 is 0 Å². The number of unbranched alkanes of at least 4 members (excludes halogenated alkanes) is 54. The second-order valence-corrected chi connectivity index (χ2v) is 25.3. The number of carbonyl (C=O) groups is 3. The van der Waals surface area contributed by atoms with Crippen LogP contribution in [0.15, 0.2) is 0 Å². The Labute approximate surface area is 495 Å². The summed E-state index contributed by atoms with van der Waals surface area (Å²) in [6, 6.07) is 0. The van der Waals surface area contributed by atoms with E-state index in [0.717, 1.165) is 77.0 Å². The third-order valence-corrected chi connectivity index (χ3v) is 17.3. The third-order valence-electron chi connectivity index (χ3n) is 17.3. The van der Waals surface area contributed by atoms with Gasteiger partial charge in [0.05, 0.1) is 5.92 Å². The summed E-state index contributed by atoms with van der Waals surface area (Å²) < 4.78 is 17.8. The van der Waals surface area contributed by atoms with Gasteiger partial charge in [-0.15, -0.1) is 0 Å². The summed E-state index contributed by atoms with van der Waals surface area (Å²) >= 11 is 0. The van der Waals surface area contributed by atoms with Crippen LogP contribution >= 0.6 is 0 Å². The predicted molar refractivity (Wildman–Crippen MR) is 344 cm³/mol. The lowest BCUT2D eigenvalue weighted by atomic mass is 9.94. The molecule has 0 aromatic rings. The molecule has 0 aliphatic heterocycles. The van der Waals surface area contributed by atoms with Gasteiger partial charge in [-0.2, -0.15) is 0 Å². The van der Waals surface area contributed by atoms with Gasteiger partial charge in [-0.05, 0) is 25.7 Å². The Hall–Kier alpha value is -1.59. The summed E-state index contributed by atoms with van der Waals surface area (Å²) in [4.78, 5) is 40.2. The molecule has 0 fully saturated rings. The first-order chi connectivity index (χ1) is 39.0. The SMILES string of the molecule is CCCCCCCCCCCCCCCCCC(=O)OCC(COC(=O)C(CCCCCCCCCCCCCCCC)CCCCCCCCCCCCCCCC)OC(=O)CCCCCCCCCCCCCCCCC. The molecule has 0 saturated heterocycles. The number of ether oxygens (including phenoxy) is 3. The van der Waals surface area contributed by atoms with Crippen LogP contribution in [0.1, 0.15) is 426 Å². The first-order valence-electron chi connectivity index (χ1n) is 36.5. The van der Waals surface area contributed by atoms with Crippen molar-refractivity contribution in [2.75, 3.05) is 13.2 Å². The second kappa shape index (κ2) is 67.2. The van der Waals surface area contributed by atoms with Crippen LogP contribution in [-0.4, -0.2) is 37.2 Å². The van der Waals surface area contributed by atoms with E-state index in [1.807, 2.05) is 0 Å². The highest BCUT2D eigenvalue weighted by atomic mass is 16.6. The van der Waals surface area contributed by atoms with Crippen molar-refractivity contribution in [1.82, 2.24) is 0 Å². The molecule has 6 heteroatoms. The van der Waals surface area contributed by atoms with Gasteiger partial charge in [0, 0.05) is 12.8 Å². The normalized spacial score (nSPS) is 12.0. The fraction of sp³-hybridized carbons (Fsp3) is 0.959. The van der Waals surface area contributed by atoms with Crippen molar-refractivity contribution < 1.29 is 28.6 Å².